The Morgan fingerprint density at radius 3 is 2.50 bits per heavy atom. The number of sulfonamides is 1. The van der Waals surface area contributed by atoms with Crippen LogP contribution in [0.4, 0.5) is 0 Å². The van der Waals surface area contributed by atoms with Crippen molar-refractivity contribution in [2.45, 2.75) is 36.6 Å². The average molecular weight is 390 g/mol. The van der Waals surface area contributed by atoms with Gasteiger partial charge in [-0.25, -0.2) is 8.42 Å². The topological polar surface area (TPSA) is 73.2 Å². The minimum atomic E-state index is -3.56. The molecule has 0 aromatic heterocycles. The molecule has 1 saturated carbocycles. The van der Waals surface area contributed by atoms with Gasteiger partial charge in [-0.15, -0.1) is 12.4 Å². The van der Waals surface area contributed by atoms with Gasteiger partial charge in [-0.3, -0.25) is 0 Å². The van der Waals surface area contributed by atoms with Gasteiger partial charge in [0, 0.05) is 19.1 Å². The minimum absolute atomic E-state index is 0. The van der Waals surface area contributed by atoms with Crippen molar-refractivity contribution in [3.8, 4) is 6.07 Å². The molecule has 0 spiro atoms. The summed E-state index contributed by atoms with van der Waals surface area (Å²) in [6.07, 6.45) is 4.28. The molecule has 2 fully saturated rings. The molecular formula is C16H21Cl2N3O2S. The highest BCUT2D eigenvalue weighted by Gasteiger charge is 2.30. The van der Waals surface area contributed by atoms with Gasteiger partial charge in [-0.2, -0.15) is 9.57 Å². The van der Waals surface area contributed by atoms with Gasteiger partial charge in [-0.1, -0.05) is 11.6 Å². The zero-order valence-corrected chi connectivity index (χ0v) is 15.6. The second kappa shape index (κ2) is 8.03. The van der Waals surface area contributed by atoms with Crippen molar-refractivity contribution in [2.24, 2.45) is 5.92 Å². The number of piperidine rings is 1. The lowest BCUT2D eigenvalue weighted by molar-refractivity contribution is 0.288. The van der Waals surface area contributed by atoms with Gasteiger partial charge in [0.1, 0.15) is 6.07 Å². The Labute approximate surface area is 154 Å². The van der Waals surface area contributed by atoms with E-state index in [1.54, 1.807) is 0 Å². The fourth-order valence-electron chi connectivity index (χ4n) is 2.86. The number of hydrogen-bond donors (Lipinski definition) is 1. The first-order valence-electron chi connectivity index (χ1n) is 7.94. The Balaban J connectivity index is 0.00000208. The van der Waals surface area contributed by atoms with Crippen LogP contribution in [0.15, 0.2) is 23.1 Å². The van der Waals surface area contributed by atoms with E-state index < -0.39 is 10.0 Å². The first-order chi connectivity index (χ1) is 11.0. The van der Waals surface area contributed by atoms with Crippen molar-refractivity contribution in [1.82, 2.24) is 9.62 Å². The molecule has 1 aliphatic heterocycles. The van der Waals surface area contributed by atoms with E-state index in [2.05, 4.69) is 5.32 Å². The lowest BCUT2D eigenvalue weighted by atomic mass is 10.1. The third-order valence-corrected chi connectivity index (χ3v) is 6.77. The van der Waals surface area contributed by atoms with E-state index >= 15 is 0 Å². The van der Waals surface area contributed by atoms with Gasteiger partial charge in [0.2, 0.25) is 10.0 Å². The molecule has 1 N–H and O–H groups in total. The van der Waals surface area contributed by atoms with E-state index in [4.69, 9.17) is 16.9 Å². The first kappa shape index (κ1) is 19.5. The Hall–Kier alpha value is -0.840. The maximum absolute atomic E-state index is 12.7. The zero-order valence-electron chi connectivity index (χ0n) is 13.2. The molecule has 0 atom stereocenters. The number of nitrogens with zero attached hydrogens (tertiary/aromatic N) is 2. The van der Waals surface area contributed by atoms with Crippen LogP contribution in [0.2, 0.25) is 5.02 Å². The summed E-state index contributed by atoms with van der Waals surface area (Å²) in [5.74, 6) is 0.829. The first-order valence-corrected chi connectivity index (χ1v) is 9.75. The fraction of sp³-hybridized carbons (Fsp3) is 0.562. The summed E-state index contributed by atoms with van der Waals surface area (Å²) in [6.45, 7) is 2.07. The molecule has 0 radical (unpaired) electrons. The SMILES string of the molecule is Cl.N#Cc1cc(S(=O)(=O)N2CCC(NCC3CC3)CC2)ccc1Cl. The summed E-state index contributed by atoms with van der Waals surface area (Å²) >= 11 is 5.88. The predicted molar refractivity (Wildman–Crippen MR) is 95.9 cm³/mol. The molecule has 1 heterocycles. The van der Waals surface area contributed by atoms with Crippen LogP contribution in [-0.2, 0) is 10.0 Å². The van der Waals surface area contributed by atoms with Gasteiger partial charge in [0.05, 0.1) is 15.5 Å². The van der Waals surface area contributed by atoms with Gasteiger partial charge >= 0.3 is 0 Å². The molecule has 2 aliphatic rings. The normalized spacial score (nSPS) is 19.5. The lowest BCUT2D eigenvalue weighted by Gasteiger charge is -2.31. The number of hydrogen-bond acceptors (Lipinski definition) is 4. The highest BCUT2D eigenvalue weighted by molar-refractivity contribution is 7.89. The number of rotatable bonds is 5. The van der Waals surface area contributed by atoms with E-state index in [0.29, 0.717) is 19.1 Å². The maximum Gasteiger partial charge on any atom is 0.243 e. The largest absolute Gasteiger partial charge is 0.314 e. The molecule has 0 bridgehead atoms. The molecule has 24 heavy (non-hydrogen) atoms. The van der Waals surface area contributed by atoms with Crippen molar-refractivity contribution in [2.75, 3.05) is 19.6 Å². The molecular weight excluding hydrogens is 369 g/mol. The van der Waals surface area contributed by atoms with Gasteiger partial charge in [-0.05, 0) is 56.3 Å². The number of benzene rings is 1. The van der Waals surface area contributed by atoms with Crippen molar-refractivity contribution < 1.29 is 8.42 Å². The van der Waals surface area contributed by atoms with Gasteiger partial charge in [0.25, 0.3) is 0 Å². The quantitative estimate of drug-likeness (QED) is 0.839. The summed E-state index contributed by atoms with van der Waals surface area (Å²) in [5.41, 5.74) is 0.189. The van der Waals surface area contributed by atoms with Crippen molar-refractivity contribution >= 4 is 34.0 Å². The van der Waals surface area contributed by atoms with Gasteiger partial charge < -0.3 is 5.32 Å². The van der Waals surface area contributed by atoms with Crippen LogP contribution in [0.5, 0.6) is 0 Å². The molecule has 132 valence electrons. The summed E-state index contributed by atoms with van der Waals surface area (Å²) in [5, 5.41) is 12.8. The zero-order chi connectivity index (χ0) is 16.4. The summed E-state index contributed by atoms with van der Waals surface area (Å²) in [6, 6.07) is 6.62. The molecule has 0 amide bonds. The van der Waals surface area contributed by atoms with Crippen LogP contribution in [0.3, 0.4) is 0 Å². The van der Waals surface area contributed by atoms with E-state index in [-0.39, 0.29) is 27.9 Å². The van der Waals surface area contributed by atoms with Crippen LogP contribution in [0, 0.1) is 17.2 Å². The Kier molecular flexibility index (Phi) is 6.52. The van der Waals surface area contributed by atoms with Crippen molar-refractivity contribution in [1.29, 1.82) is 5.26 Å². The van der Waals surface area contributed by atoms with Crippen LogP contribution in [-0.4, -0.2) is 38.4 Å². The smallest absolute Gasteiger partial charge is 0.243 e. The Morgan fingerprint density at radius 2 is 1.92 bits per heavy atom. The monoisotopic (exact) mass is 389 g/mol. The lowest BCUT2D eigenvalue weighted by Crippen LogP contribution is -2.45. The van der Waals surface area contributed by atoms with Crippen LogP contribution < -0.4 is 5.32 Å². The predicted octanol–water partition coefficient (Wildman–Crippen LogP) is 2.79. The Bertz CT molecular complexity index is 721. The summed E-state index contributed by atoms with van der Waals surface area (Å²) in [4.78, 5) is 0.142. The number of halogens is 2. The van der Waals surface area contributed by atoms with E-state index in [1.807, 2.05) is 6.07 Å². The van der Waals surface area contributed by atoms with Gasteiger partial charge in [0.15, 0.2) is 0 Å². The van der Waals surface area contributed by atoms with Crippen LogP contribution >= 0.6 is 24.0 Å². The maximum atomic E-state index is 12.7. The van der Waals surface area contributed by atoms with Crippen molar-refractivity contribution in [3.05, 3.63) is 28.8 Å². The molecule has 5 nitrogen and oxygen atoms in total. The van der Waals surface area contributed by atoms with Crippen molar-refractivity contribution in [3.63, 3.8) is 0 Å². The average Bonchev–Trinajstić information content (AvgIpc) is 3.38. The van der Waals surface area contributed by atoms with Crippen LogP contribution in [0.25, 0.3) is 0 Å². The second-order valence-electron chi connectivity index (χ2n) is 6.28. The molecule has 1 aliphatic carbocycles. The second-order valence-corrected chi connectivity index (χ2v) is 8.63. The molecule has 3 rings (SSSR count). The van der Waals surface area contributed by atoms with E-state index in [0.717, 1.165) is 25.3 Å². The van der Waals surface area contributed by atoms with E-state index in [9.17, 15) is 8.42 Å². The number of nitrogens with one attached hydrogen (secondary N) is 1. The highest BCUT2D eigenvalue weighted by atomic mass is 35.5. The highest BCUT2D eigenvalue weighted by Crippen LogP contribution is 2.29. The molecule has 0 unspecified atom stereocenters. The Morgan fingerprint density at radius 1 is 1.25 bits per heavy atom. The molecule has 1 aromatic carbocycles. The third kappa shape index (κ3) is 4.41. The third-order valence-electron chi connectivity index (χ3n) is 4.54. The summed E-state index contributed by atoms with van der Waals surface area (Å²) in [7, 11) is -3.56. The number of nitriles is 1. The molecule has 8 heteroatoms. The molecule has 1 aromatic rings. The van der Waals surface area contributed by atoms with Crippen LogP contribution in [0.1, 0.15) is 31.2 Å². The molecule has 1 saturated heterocycles. The minimum Gasteiger partial charge on any atom is -0.314 e. The fourth-order valence-corrected chi connectivity index (χ4v) is 4.51. The summed E-state index contributed by atoms with van der Waals surface area (Å²) < 4.78 is 26.9. The standard InChI is InChI=1S/C16H20ClN3O2S.ClH/c17-16-4-3-15(9-13(16)10-18)23(21,22)20-7-5-14(6-8-20)19-11-12-1-2-12;/h3-4,9,12,14,19H,1-2,5-8,11H2;1H. The van der Waals surface area contributed by atoms with E-state index in [1.165, 1.54) is 35.3 Å².